The third-order valence-corrected chi connectivity index (χ3v) is 4.09. The summed E-state index contributed by atoms with van der Waals surface area (Å²) in [6.45, 7) is 3.03. The third-order valence-electron chi connectivity index (χ3n) is 4.09. The van der Waals surface area contributed by atoms with E-state index in [1.807, 2.05) is 6.07 Å². The van der Waals surface area contributed by atoms with Gasteiger partial charge in [-0.3, -0.25) is 9.59 Å². The van der Waals surface area contributed by atoms with Gasteiger partial charge in [0.2, 0.25) is 5.91 Å². The Morgan fingerprint density at radius 2 is 2.00 bits per heavy atom. The van der Waals surface area contributed by atoms with Crippen LogP contribution >= 0.6 is 0 Å². The molecule has 1 aromatic rings. The molecule has 7 heteroatoms. The number of aromatic nitrogens is 2. The Labute approximate surface area is 128 Å². The number of nitrogens with one attached hydrogen (secondary N) is 1. The number of nitriles is 2. The summed E-state index contributed by atoms with van der Waals surface area (Å²) in [5.41, 5.74) is -0.374. The minimum absolute atomic E-state index is 0.00355. The van der Waals surface area contributed by atoms with E-state index in [2.05, 4.69) is 16.5 Å². The molecule has 1 N–H and O–H groups in total. The molecule has 1 saturated carbocycles. The van der Waals surface area contributed by atoms with Gasteiger partial charge in [-0.15, -0.1) is 0 Å². The fourth-order valence-corrected chi connectivity index (χ4v) is 2.70. The van der Waals surface area contributed by atoms with Gasteiger partial charge in [-0.05, 0) is 45.1 Å². The number of carbonyl (C=O) groups is 1. The summed E-state index contributed by atoms with van der Waals surface area (Å²) in [6, 6.07) is 4.01. The van der Waals surface area contributed by atoms with Gasteiger partial charge >= 0.3 is 0 Å². The first-order valence-electron chi connectivity index (χ1n) is 7.13. The largest absolute Gasteiger partial charge is 0.336 e. The van der Waals surface area contributed by atoms with Gasteiger partial charge in [0.05, 0.1) is 11.8 Å². The zero-order valence-electron chi connectivity index (χ0n) is 12.6. The quantitative estimate of drug-likeness (QED) is 0.882. The molecular weight excluding hydrogens is 282 g/mol. The summed E-state index contributed by atoms with van der Waals surface area (Å²) in [4.78, 5) is 24.3. The van der Waals surface area contributed by atoms with Gasteiger partial charge in [-0.1, -0.05) is 0 Å². The lowest BCUT2D eigenvalue weighted by molar-refractivity contribution is -0.123. The lowest BCUT2D eigenvalue weighted by Gasteiger charge is -2.22. The molecule has 0 radical (unpaired) electrons. The number of carbonyl (C=O) groups excluding carboxylic acids is 1. The first kappa shape index (κ1) is 15.7. The number of aryl methyl sites for hydroxylation is 1. The highest BCUT2D eigenvalue weighted by Crippen LogP contribution is 2.28. The molecule has 0 aromatic carbocycles. The van der Waals surface area contributed by atoms with Gasteiger partial charge in [0, 0.05) is 0 Å². The topological polar surface area (TPSA) is 112 Å². The summed E-state index contributed by atoms with van der Waals surface area (Å²) < 4.78 is 0.982. The van der Waals surface area contributed by atoms with Crippen molar-refractivity contribution >= 4 is 5.91 Å². The molecule has 1 heterocycles. The van der Waals surface area contributed by atoms with Gasteiger partial charge in [-0.2, -0.15) is 15.6 Å². The standard InChI is InChI=1S/C15H17N5O2/c1-10-11(2)19-20(14(22)12(10)7-16)8-13(21)18-15(9-17)5-3-4-6-15/h3-6,8H2,1-2H3,(H,18,21). The summed E-state index contributed by atoms with van der Waals surface area (Å²) in [5.74, 6) is -0.440. The van der Waals surface area contributed by atoms with Crippen LogP contribution in [0.3, 0.4) is 0 Å². The average Bonchev–Trinajstić information content (AvgIpc) is 2.94. The van der Waals surface area contributed by atoms with Crippen LogP contribution in [0.1, 0.15) is 42.5 Å². The van der Waals surface area contributed by atoms with E-state index in [-0.39, 0.29) is 12.1 Å². The van der Waals surface area contributed by atoms with Crippen molar-refractivity contribution in [1.82, 2.24) is 15.1 Å². The number of nitrogens with zero attached hydrogens (tertiary/aromatic N) is 4. The molecule has 1 amide bonds. The number of hydrogen-bond donors (Lipinski definition) is 1. The molecular formula is C15H17N5O2. The van der Waals surface area contributed by atoms with E-state index < -0.39 is 17.0 Å². The second-order valence-electron chi connectivity index (χ2n) is 5.61. The maximum Gasteiger partial charge on any atom is 0.285 e. The molecule has 0 unspecified atom stereocenters. The van der Waals surface area contributed by atoms with Crippen molar-refractivity contribution < 1.29 is 4.79 Å². The molecule has 1 fully saturated rings. The van der Waals surface area contributed by atoms with E-state index in [1.165, 1.54) is 0 Å². The van der Waals surface area contributed by atoms with Gasteiger partial charge in [-0.25, -0.2) is 4.68 Å². The summed E-state index contributed by atoms with van der Waals surface area (Å²) in [7, 11) is 0. The molecule has 1 aromatic heterocycles. The maximum absolute atomic E-state index is 12.1. The molecule has 1 aliphatic carbocycles. The monoisotopic (exact) mass is 299 g/mol. The van der Waals surface area contributed by atoms with Gasteiger partial charge in [0.15, 0.2) is 0 Å². The van der Waals surface area contributed by atoms with Crippen molar-refractivity contribution in [3.05, 3.63) is 27.2 Å². The Morgan fingerprint density at radius 3 is 2.55 bits per heavy atom. The second-order valence-corrected chi connectivity index (χ2v) is 5.61. The van der Waals surface area contributed by atoms with Crippen LogP contribution in [0, 0.1) is 36.5 Å². The Hall–Kier alpha value is -2.67. The van der Waals surface area contributed by atoms with Crippen LogP contribution in [0.5, 0.6) is 0 Å². The highest BCUT2D eigenvalue weighted by Gasteiger charge is 2.35. The highest BCUT2D eigenvalue weighted by atomic mass is 16.2. The zero-order valence-corrected chi connectivity index (χ0v) is 12.6. The van der Waals surface area contributed by atoms with Crippen molar-refractivity contribution in [2.75, 3.05) is 0 Å². The van der Waals surface area contributed by atoms with Crippen molar-refractivity contribution in [3.63, 3.8) is 0 Å². The van der Waals surface area contributed by atoms with Gasteiger partial charge in [0.25, 0.3) is 5.56 Å². The summed E-state index contributed by atoms with van der Waals surface area (Å²) in [5, 5.41) is 25.1. The molecule has 0 spiro atoms. The van der Waals surface area contributed by atoms with Crippen molar-refractivity contribution in [2.45, 2.75) is 51.6 Å². The first-order chi connectivity index (χ1) is 10.4. The average molecular weight is 299 g/mol. The Balaban J connectivity index is 2.23. The highest BCUT2D eigenvalue weighted by molar-refractivity contribution is 5.77. The fourth-order valence-electron chi connectivity index (χ4n) is 2.70. The van der Waals surface area contributed by atoms with E-state index in [4.69, 9.17) is 5.26 Å². The first-order valence-corrected chi connectivity index (χ1v) is 7.13. The van der Waals surface area contributed by atoms with Crippen LogP contribution in [-0.4, -0.2) is 21.2 Å². The van der Waals surface area contributed by atoms with Crippen molar-refractivity contribution in [1.29, 1.82) is 10.5 Å². The Morgan fingerprint density at radius 1 is 1.36 bits per heavy atom. The predicted octanol–water partition coefficient (Wildman–Crippen LogP) is 0.684. The van der Waals surface area contributed by atoms with Crippen LogP contribution in [0.25, 0.3) is 0 Å². The Bertz CT molecular complexity index is 745. The van der Waals surface area contributed by atoms with Gasteiger partial charge < -0.3 is 5.32 Å². The van der Waals surface area contributed by atoms with Gasteiger partial charge in [0.1, 0.15) is 23.7 Å². The molecule has 0 atom stereocenters. The third kappa shape index (κ3) is 2.84. The van der Waals surface area contributed by atoms with E-state index >= 15 is 0 Å². The fraction of sp³-hybridized carbons (Fsp3) is 0.533. The minimum Gasteiger partial charge on any atom is -0.336 e. The van der Waals surface area contributed by atoms with E-state index in [0.717, 1.165) is 17.5 Å². The predicted molar refractivity (Wildman–Crippen MR) is 77.6 cm³/mol. The number of amides is 1. The molecule has 114 valence electrons. The molecule has 0 bridgehead atoms. The molecule has 1 aliphatic rings. The summed E-state index contributed by atoms with van der Waals surface area (Å²) >= 11 is 0. The Kier molecular flexibility index (Phi) is 4.27. The van der Waals surface area contributed by atoms with Crippen LogP contribution in [-0.2, 0) is 11.3 Å². The molecule has 0 aliphatic heterocycles. The van der Waals surface area contributed by atoms with E-state index in [0.29, 0.717) is 24.1 Å². The maximum atomic E-state index is 12.1. The van der Waals surface area contributed by atoms with Crippen molar-refractivity contribution in [2.24, 2.45) is 0 Å². The second kappa shape index (κ2) is 5.98. The van der Waals surface area contributed by atoms with Crippen LogP contribution in [0.4, 0.5) is 0 Å². The molecule has 0 saturated heterocycles. The lowest BCUT2D eigenvalue weighted by atomic mass is 10.00. The van der Waals surface area contributed by atoms with Crippen molar-refractivity contribution in [3.8, 4) is 12.1 Å². The van der Waals surface area contributed by atoms with Crippen LogP contribution in [0.15, 0.2) is 4.79 Å². The lowest BCUT2D eigenvalue weighted by Crippen LogP contribution is -2.47. The normalized spacial score (nSPS) is 15.8. The number of rotatable bonds is 3. The molecule has 7 nitrogen and oxygen atoms in total. The minimum atomic E-state index is -0.835. The SMILES string of the molecule is Cc1nn(CC(=O)NC2(C#N)CCCC2)c(=O)c(C#N)c1C. The van der Waals surface area contributed by atoms with Crippen LogP contribution < -0.4 is 10.9 Å². The smallest absolute Gasteiger partial charge is 0.285 e. The van der Waals surface area contributed by atoms with Crippen LogP contribution in [0.2, 0.25) is 0 Å². The molecule has 2 rings (SSSR count). The molecule has 22 heavy (non-hydrogen) atoms. The summed E-state index contributed by atoms with van der Waals surface area (Å²) in [6.07, 6.45) is 3.03. The van der Waals surface area contributed by atoms with E-state index in [1.54, 1.807) is 13.8 Å². The number of hydrogen-bond acceptors (Lipinski definition) is 5. The van der Waals surface area contributed by atoms with E-state index in [9.17, 15) is 14.9 Å². The zero-order chi connectivity index (χ0) is 16.3.